The Morgan fingerprint density at radius 1 is 0.952 bits per heavy atom. The van der Waals surface area contributed by atoms with Crippen LogP contribution in [0.2, 0.25) is 0 Å². The van der Waals surface area contributed by atoms with Crippen molar-refractivity contribution in [3.05, 3.63) is 58.7 Å². The second-order valence-electron chi connectivity index (χ2n) is 5.95. The molecule has 0 aliphatic carbocycles. The van der Waals surface area contributed by atoms with Crippen LogP contribution in [0.25, 0.3) is 0 Å². The minimum absolute atomic E-state index is 0.434. The minimum atomic E-state index is 0.434. The second-order valence-corrected chi connectivity index (χ2v) is 5.95. The van der Waals surface area contributed by atoms with E-state index in [1.54, 1.807) is 0 Å². The van der Waals surface area contributed by atoms with E-state index >= 15 is 0 Å². The Morgan fingerprint density at radius 3 is 2.29 bits per heavy atom. The molecule has 0 atom stereocenters. The maximum Gasteiger partial charge on any atom is 0.131 e. The summed E-state index contributed by atoms with van der Waals surface area (Å²) in [5, 5.41) is 0. The van der Waals surface area contributed by atoms with E-state index < -0.39 is 0 Å². The van der Waals surface area contributed by atoms with Crippen LogP contribution in [-0.4, -0.2) is 6.54 Å². The molecule has 0 fully saturated rings. The summed E-state index contributed by atoms with van der Waals surface area (Å²) in [6, 6.07) is 12.7. The quantitative estimate of drug-likeness (QED) is 0.861. The molecule has 0 saturated heterocycles. The Hall–Kier alpha value is -1.80. The summed E-state index contributed by atoms with van der Waals surface area (Å²) < 4.78 is 6.23. The Kier molecular flexibility index (Phi) is 5.03. The lowest BCUT2D eigenvalue weighted by Crippen LogP contribution is -2.05. The Balaban J connectivity index is 2.40. The zero-order chi connectivity index (χ0) is 15.4. The molecule has 0 amide bonds. The van der Waals surface area contributed by atoms with Gasteiger partial charge >= 0.3 is 0 Å². The van der Waals surface area contributed by atoms with Gasteiger partial charge in [0.25, 0.3) is 0 Å². The van der Waals surface area contributed by atoms with Crippen molar-refractivity contribution < 1.29 is 4.74 Å². The summed E-state index contributed by atoms with van der Waals surface area (Å²) in [6.45, 7) is 9.19. The molecule has 0 unspecified atom stereocenters. The molecule has 2 aromatic carbocycles. The summed E-state index contributed by atoms with van der Waals surface area (Å²) in [5.41, 5.74) is 10.6. The average molecular weight is 283 g/mol. The van der Waals surface area contributed by atoms with Crippen LogP contribution in [0, 0.1) is 13.8 Å². The highest BCUT2D eigenvalue weighted by Gasteiger charge is 2.11. The molecule has 0 aliphatic rings. The zero-order valence-corrected chi connectivity index (χ0v) is 13.4. The Bertz CT molecular complexity index is 617. The van der Waals surface area contributed by atoms with Gasteiger partial charge in [0.2, 0.25) is 0 Å². The van der Waals surface area contributed by atoms with E-state index in [2.05, 4.69) is 58.0 Å². The molecule has 2 nitrogen and oxygen atoms in total. The molecule has 0 heterocycles. The summed E-state index contributed by atoms with van der Waals surface area (Å²) in [4.78, 5) is 0. The third-order valence-electron chi connectivity index (χ3n) is 3.64. The van der Waals surface area contributed by atoms with E-state index in [1.165, 1.54) is 22.3 Å². The van der Waals surface area contributed by atoms with Gasteiger partial charge in [0.1, 0.15) is 11.5 Å². The maximum absolute atomic E-state index is 6.23. The summed E-state index contributed by atoms with van der Waals surface area (Å²) >= 11 is 0. The fourth-order valence-electron chi connectivity index (χ4n) is 2.48. The first-order valence-corrected chi connectivity index (χ1v) is 7.59. The number of benzene rings is 2. The highest BCUT2D eigenvalue weighted by atomic mass is 16.5. The summed E-state index contributed by atoms with van der Waals surface area (Å²) in [6.07, 6.45) is 0.833. The number of aryl methyl sites for hydroxylation is 2. The van der Waals surface area contributed by atoms with Crippen molar-refractivity contribution in [3.63, 3.8) is 0 Å². The topological polar surface area (TPSA) is 35.2 Å². The predicted molar refractivity (Wildman–Crippen MR) is 89.3 cm³/mol. The lowest BCUT2D eigenvalue weighted by atomic mass is 10.0. The molecule has 2 aromatic rings. The van der Waals surface area contributed by atoms with Gasteiger partial charge in [0.15, 0.2) is 0 Å². The van der Waals surface area contributed by atoms with Crippen LogP contribution in [0.5, 0.6) is 11.5 Å². The Labute approximate surface area is 127 Å². The number of hydrogen-bond donors (Lipinski definition) is 1. The van der Waals surface area contributed by atoms with Crippen LogP contribution in [0.15, 0.2) is 36.4 Å². The summed E-state index contributed by atoms with van der Waals surface area (Å²) in [5.74, 6) is 2.30. The normalized spacial score (nSPS) is 11.0. The number of hydrogen-bond acceptors (Lipinski definition) is 2. The van der Waals surface area contributed by atoms with Crippen molar-refractivity contribution >= 4 is 0 Å². The first kappa shape index (κ1) is 15.6. The van der Waals surface area contributed by atoms with Crippen molar-refractivity contribution in [2.75, 3.05) is 6.54 Å². The van der Waals surface area contributed by atoms with Crippen molar-refractivity contribution in [3.8, 4) is 11.5 Å². The minimum Gasteiger partial charge on any atom is -0.457 e. The summed E-state index contributed by atoms with van der Waals surface area (Å²) in [7, 11) is 0. The largest absolute Gasteiger partial charge is 0.457 e. The Morgan fingerprint density at radius 2 is 1.62 bits per heavy atom. The van der Waals surface area contributed by atoms with E-state index in [-0.39, 0.29) is 0 Å². The van der Waals surface area contributed by atoms with E-state index in [0.29, 0.717) is 12.5 Å². The fraction of sp³-hybridized carbons (Fsp3) is 0.368. The van der Waals surface area contributed by atoms with E-state index in [0.717, 1.165) is 17.9 Å². The highest BCUT2D eigenvalue weighted by Crippen LogP contribution is 2.33. The standard InChI is InChI=1S/C19H25NO/c1-13(2)17-7-5-15(4)12-19(17)21-18-8-6-14(3)11-16(18)9-10-20/h5-8,11-13H,9-10,20H2,1-4H3. The molecule has 2 heteroatoms. The van der Waals surface area contributed by atoms with Gasteiger partial charge in [0.05, 0.1) is 0 Å². The second kappa shape index (κ2) is 6.77. The van der Waals surface area contributed by atoms with E-state index in [1.807, 2.05) is 6.07 Å². The molecule has 0 bridgehead atoms. The van der Waals surface area contributed by atoms with Crippen LogP contribution in [0.3, 0.4) is 0 Å². The van der Waals surface area contributed by atoms with Gasteiger partial charge in [-0.25, -0.2) is 0 Å². The van der Waals surface area contributed by atoms with E-state index in [9.17, 15) is 0 Å². The van der Waals surface area contributed by atoms with Gasteiger partial charge in [-0.1, -0.05) is 43.7 Å². The third-order valence-corrected chi connectivity index (χ3v) is 3.64. The smallest absolute Gasteiger partial charge is 0.131 e. The number of rotatable bonds is 5. The molecule has 0 aliphatic heterocycles. The van der Waals surface area contributed by atoms with Crippen LogP contribution in [0.4, 0.5) is 0 Å². The predicted octanol–water partition coefficient (Wildman–Crippen LogP) is 4.72. The molecule has 2 N–H and O–H groups in total. The van der Waals surface area contributed by atoms with Crippen molar-refractivity contribution in [2.24, 2.45) is 5.73 Å². The van der Waals surface area contributed by atoms with Crippen LogP contribution in [-0.2, 0) is 6.42 Å². The SMILES string of the molecule is Cc1ccc(Oc2cc(C)ccc2C(C)C)c(CCN)c1. The maximum atomic E-state index is 6.23. The molecule has 0 radical (unpaired) electrons. The first-order valence-electron chi connectivity index (χ1n) is 7.59. The lowest BCUT2D eigenvalue weighted by molar-refractivity contribution is 0.466. The molecule has 0 aromatic heterocycles. The van der Waals surface area contributed by atoms with E-state index in [4.69, 9.17) is 10.5 Å². The van der Waals surface area contributed by atoms with Crippen molar-refractivity contribution in [1.82, 2.24) is 0 Å². The van der Waals surface area contributed by atoms with Crippen LogP contribution in [0.1, 0.15) is 42.0 Å². The fourth-order valence-corrected chi connectivity index (χ4v) is 2.48. The average Bonchev–Trinajstić information content (AvgIpc) is 2.42. The van der Waals surface area contributed by atoms with Gasteiger partial charge in [-0.2, -0.15) is 0 Å². The molecular weight excluding hydrogens is 258 g/mol. The molecular formula is C19H25NO. The van der Waals surface area contributed by atoms with Gasteiger partial charge < -0.3 is 10.5 Å². The monoisotopic (exact) mass is 283 g/mol. The first-order chi connectivity index (χ1) is 10.0. The van der Waals surface area contributed by atoms with Crippen molar-refractivity contribution in [2.45, 2.75) is 40.0 Å². The van der Waals surface area contributed by atoms with Gasteiger partial charge in [-0.15, -0.1) is 0 Å². The van der Waals surface area contributed by atoms with Crippen molar-refractivity contribution in [1.29, 1.82) is 0 Å². The van der Waals surface area contributed by atoms with Gasteiger partial charge in [0, 0.05) is 0 Å². The lowest BCUT2D eigenvalue weighted by Gasteiger charge is -2.17. The van der Waals surface area contributed by atoms with Gasteiger partial charge in [-0.05, 0) is 61.6 Å². The number of nitrogens with two attached hydrogens (primary N) is 1. The highest BCUT2D eigenvalue weighted by molar-refractivity contribution is 5.45. The zero-order valence-electron chi connectivity index (χ0n) is 13.4. The van der Waals surface area contributed by atoms with Crippen LogP contribution >= 0.6 is 0 Å². The molecule has 2 rings (SSSR count). The third kappa shape index (κ3) is 3.85. The number of ether oxygens (including phenoxy) is 1. The molecule has 0 saturated carbocycles. The molecule has 112 valence electrons. The van der Waals surface area contributed by atoms with Crippen LogP contribution < -0.4 is 10.5 Å². The molecule has 21 heavy (non-hydrogen) atoms. The molecule has 0 spiro atoms. The van der Waals surface area contributed by atoms with Gasteiger partial charge in [-0.3, -0.25) is 0 Å².